The van der Waals surface area contributed by atoms with Crippen molar-refractivity contribution < 1.29 is 9.59 Å². The van der Waals surface area contributed by atoms with Crippen molar-refractivity contribution in [2.24, 2.45) is 5.41 Å². The maximum atomic E-state index is 13.4. The van der Waals surface area contributed by atoms with Crippen LogP contribution in [0.1, 0.15) is 44.7 Å². The molecule has 1 N–H and O–H groups in total. The number of likely N-dealkylation sites (N-methyl/N-ethyl adjacent to an activating group) is 1. The van der Waals surface area contributed by atoms with Crippen molar-refractivity contribution in [3.8, 4) is 0 Å². The molecule has 148 valence electrons. The molecule has 1 aliphatic heterocycles. The highest BCUT2D eigenvalue weighted by Gasteiger charge is 2.49. The van der Waals surface area contributed by atoms with Gasteiger partial charge < -0.3 is 10.2 Å². The van der Waals surface area contributed by atoms with E-state index in [1.165, 1.54) is 0 Å². The van der Waals surface area contributed by atoms with Gasteiger partial charge in [-0.15, -0.1) is 0 Å². The number of benzene rings is 2. The van der Waals surface area contributed by atoms with Gasteiger partial charge >= 0.3 is 0 Å². The number of para-hydroxylation sites is 1. The molecular weight excluding hydrogens is 348 g/mol. The van der Waals surface area contributed by atoms with E-state index < -0.39 is 5.41 Å². The van der Waals surface area contributed by atoms with Crippen LogP contribution in [-0.2, 0) is 21.4 Å². The average molecular weight is 379 g/mol. The van der Waals surface area contributed by atoms with Crippen LogP contribution < -0.4 is 10.2 Å². The van der Waals surface area contributed by atoms with Gasteiger partial charge in [-0.1, -0.05) is 69.3 Å². The fraction of sp³-hybridized carbons (Fsp3) is 0.417. The van der Waals surface area contributed by atoms with E-state index in [0.29, 0.717) is 25.8 Å². The van der Waals surface area contributed by atoms with Crippen LogP contribution in [-0.4, -0.2) is 25.4 Å². The predicted molar refractivity (Wildman–Crippen MR) is 113 cm³/mol. The molecule has 0 aromatic heterocycles. The molecule has 1 heterocycles. The van der Waals surface area contributed by atoms with Crippen LogP contribution in [0.4, 0.5) is 5.69 Å². The monoisotopic (exact) mass is 378 g/mol. The molecule has 0 radical (unpaired) electrons. The van der Waals surface area contributed by atoms with E-state index in [-0.39, 0.29) is 17.2 Å². The Labute approximate surface area is 167 Å². The molecule has 0 unspecified atom stereocenters. The van der Waals surface area contributed by atoms with Crippen LogP contribution in [0.2, 0.25) is 0 Å². The highest BCUT2D eigenvalue weighted by Crippen LogP contribution is 2.46. The average Bonchev–Trinajstić information content (AvgIpc) is 2.88. The highest BCUT2D eigenvalue weighted by molar-refractivity contribution is 6.08. The summed E-state index contributed by atoms with van der Waals surface area (Å²) in [7, 11) is 1.83. The lowest BCUT2D eigenvalue weighted by atomic mass is 9.73. The van der Waals surface area contributed by atoms with Crippen molar-refractivity contribution in [1.82, 2.24) is 5.32 Å². The fourth-order valence-corrected chi connectivity index (χ4v) is 3.94. The third-order valence-corrected chi connectivity index (χ3v) is 5.44. The number of rotatable bonds is 6. The largest absolute Gasteiger partial charge is 0.356 e. The number of hydrogen-bond donors (Lipinski definition) is 1. The number of nitrogens with one attached hydrogen (secondary N) is 1. The number of carbonyl (C=O) groups is 2. The van der Waals surface area contributed by atoms with Gasteiger partial charge in [-0.25, -0.2) is 0 Å². The first-order valence-electron chi connectivity index (χ1n) is 9.91. The van der Waals surface area contributed by atoms with Crippen LogP contribution in [0.3, 0.4) is 0 Å². The first kappa shape index (κ1) is 20.1. The van der Waals surface area contributed by atoms with Crippen LogP contribution in [0.25, 0.3) is 0 Å². The van der Waals surface area contributed by atoms with E-state index in [4.69, 9.17) is 0 Å². The molecule has 2 aromatic carbocycles. The highest BCUT2D eigenvalue weighted by atomic mass is 16.2. The zero-order valence-electron chi connectivity index (χ0n) is 17.3. The lowest BCUT2D eigenvalue weighted by Crippen LogP contribution is -2.42. The SMILES string of the molecule is CN1C(=O)[C@](CCC(=O)NCC(C)(C)C)(Cc2ccccc2)c2ccccc21. The Morgan fingerprint density at radius 1 is 1.04 bits per heavy atom. The number of carbonyl (C=O) groups excluding carboxylic acids is 2. The Hall–Kier alpha value is -2.62. The quantitative estimate of drug-likeness (QED) is 0.823. The van der Waals surface area contributed by atoms with Crippen molar-refractivity contribution >= 4 is 17.5 Å². The van der Waals surface area contributed by atoms with Crippen LogP contribution >= 0.6 is 0 Å². The maximum Gasteiger partial charge on any atom is 0.237 e. The van der Waals surface area contributed by atoms with Gasteiger partial charge in [0.2, 0.25) is 11.8 Å². The Balaban J connectivity index is 1.89. The Morgan fingerprint density at radius 3 is 2.36 bits per heavy atom. The number of hydrogen-bond acceptors (Lipinski definition) is 2. The van der Waals surface area contributed by atoms with Gasteiger partial charge in [-0.05, 0) is 35.4 Å². The summed E-state index contributed by atoms with van der Waals surface area (Å²) in [5, 5.41) is 3.01. The zero-order chi connectivity index (χ0) is 20.4. The second-order valence-electron chi connectivity index (χ2n) is 8.96. The predicted octanol–water partition coefficient (Wildman–Crippen LogP) is 4.09. The molecule has 2 aromatic rings. The van der Waals surface area contributed by atoms with Crippen molar-refractivity contribution in [2.45, 2.75) is 45.4 Å². The molecule has 0 spiro atoms. The van der Waals surface area contributed by atoms with Crippen LogP contribution in [0.5, 0.6) is 0 Å². The van der Waals surface area contributed by atoms with Gasteiger partial charge in [-0.2, -0.15) is 0 Å². The number of fused-ring (bicyclic) bond motifs is 1. The zero-order valence-corrected chi connectivity index (χ0v) is 17.3. The molecule has 2 amide bonds. The molecule has 0 saturated heterocycles. The molecule has 0 aliphatic carbocycles. The van der Waals surface area contributed by atoms with Gasteiger partial charge in [0.15, 0.2) is 0 Å². The fourth-order valence-electron chi connectivity index (χ4n) is 3.94. The van der Waals surface area contributed by atoms with Gasteiger partial charge in [0.05, 0.1) is 5.41 Å². The summed E-state index contributed by atoms with van der Waals surface area (Å²) in [5.74, 6) is 0.0726. The third kappa shape index (κ3) is 4.11. The molecule has 1 aliphatic rings. The van der Waals surface area contributed by atoms with Crippen molar-refractivity contribution in [1.29, 1.82) is 0 Å². The van der Waals surface area contributed by atoms with Crippen molar-refractivity contribution in [3.63, 3.8) is 0 Å². The number of anilines is 1. The molecular formula is C24H30N2O2. The molecule has 0 bridgehead atoms. The van der Waals surface area contributed by atoms with Gasteiger partial charge in [0, 0.05) is 25.7 Å². The standard InChI is InChI=1S/C24H30N2O2/c1-23(2,3)17-25-21(27)14-15-24(16-18-10-6-5-7-11-18)19-12-8-9-13-20(19)26(4)22(24)28/h5-13H,14-17H2,1-4H3,(H,25,27)/t24-/m1/s1. The molecule has 4 nitrogen and oxygen atoms in total. The smallest absolute Gasteiger partial charge is 0.237 e. The Morgan fingerprint density at radius 2 is 1.68 bits per heavy atom. The summed E-state index contributed by atoms with van der Waals surface area (Å²) >= 11 is 0. The normalized spacial score (nSPS) is 18.9. The summed E-state index contributed by atoms with van der Waals surface area (Å²) < 4.78 is 0. The van der Waals surface area contributed by atoms with Crippen molar-refractivity contribution in [2.75, 3.05) is 18.5 Å². The minimum absolute atomic E-state index is 0.00203. The molecule has 0 saturated carbocycles. The Bertz CT molecular complexity index is 854. The number of amides is 2. The molecule has 28 heavy (non-hydrogen) atoms. The van der Waals surface area contributed by atoms with E-state index in [0.717, 1.165) is 16.8 Å². The summed E-state index contributed by atoms with van der Waals surface area (Å²) in [6.07, 6.45) is 1.43. The molecule has 0 fully saturated rings. The maximum absolute atomic E-state index is 13.4. The van der Waals surface area contributed by atoms with E-state index in [1.54, 1.807) is 4.90 Å². The van der Waals surface area contributed by atoms with E-state index >= 15 is 0 Å². The second-order valence-corrected chi connectivity index (χ2v) is 8.96. The molecule has 1 atom stereocenters. The molecule has 3 rings (SSSR count). The lowest BCUT2D eigenvalue weighted by molar-refractivity contribution is -0.124. The van der Waals surface area contributed by atoms with Gasteiger partial charge in [0.1, 0.15) is 0 Å². The van der Waals surface area contributed by atoms with Crippen LogP contribution in [0, 0.1) is 5.41 Å². The van der Waals surface area contributed by atoms with Gasteiger partial charge in [-0.3, -0.25) is 9.59 Å². The first-order chi connectivity index (χ1) is 13.2. The van der Waals surface area contributed by atoms with E-state index in [9.17, 15) is 9.59 Å². The summed E-state index contributed by atoms with van der Waals surface area (Å²) in [5.41, 5.74) is 2.41. The first-order valence-corrected chi connectivity index (χ1v) is 9.91. The minimum atomic E-state index is -0.703. The van der Waals surface area contributed by atoms with Crippen LogP contribution in [0.15, 0.2) is 54.6 Å². The minimum Gasteiger partial charge on any atom is -0.356 e. The summed E-state index contributed by atoms with van der Waals surface area (Å²) in [6, 6.07) is 18.0. The summed E-state index contributed by atoms with van der Waals surface area (Å²) in [4.78, 5) is 27.7. The molecule has 4 heteroatoms. The summed E-state index contributed by atoms with van der Waals surface area (Å²) in [6.45, 7) is 6.91. The van der Waals surface area contributed by atoms with Gasteiger partial charge in [0.25, 0.3) is 0 Å². The number of nitrogens with zero attached hydrogens (tertiary/aromatic N) is 1. The Kier molecular flexibility index (Phi) is 5.59. The third-order valence-electron chi connectivity index (χ3n) is 5.44. The van der Waals surface area contributed by atoms with E-state index in [2.05, 4.69) is 38.2 Å². The van der Waals surface area contributed by atoms with Crippen molar-refractivity contribution in [3.05, 3.63) is 65.7 Å². The van der Waals surface area contributed by atoms with E-state index in [1.807, 2.05) is 49.5 Å². The topological polar surface area (TPSA) is 49.4 Å². The lowest BCUT2D eigenvalue weighted by Gasteiger charge is -2.29. The second kappa shape index (κ2) is 7.78.